The molecule has 0 spiro atoms. The van der Waals surface area contributed by atoms with Gasteiger partial charge in [0.1, 0.15) is 4.51 Å². The lowest BCUT2D eigenvalue weighted by Gasteiger charge is -2.25. The Hall–Kier alpha value is -0.780. The molecule has 0 saturated heterocycles. The van der Waals surface area contributed by atoms with E-state index < -0.39 is 0 Å². The molecule has 0 fully saturated rings. The first kappa shape index (κ1) is 18.2. The average molecular weight is 285 g/mol. The summed E-state index contributed by atoms with van der Waals surface area (Å²) in [5.74, 6) is 0. The minimum atomic E-state index is -0.0463. The van der Waals surface area contributed by atoms with Crippen LogP contribution >= 0.6 is 12.2 Å². The molecule has 0 amide bonds. The van der Waals surface area contributed by atoms with Crippen LogP contribution in [-0.2, 0) is 6.54 Å². The monoisotopic (exact) mass is 285 g/mol. The highest BCUT2D eigenvalue weighted by molar-refractivity contribution is 7.71. The van der Waals surface area contributed by atoms with Crippen molar-refractivity contribution in [2.24, 2.45) is 5.73 Å². The molecule has 0 unspecified atom stereocenters. The Morgan fingerprint density at radius 1 is 1.21 bits per heavy atom. The zero-order valence-electron chi connectivity index (χ0n) is 12.8. The second-order valence-corrected chi connectivity index (χ2v) is 4.77. The molecule has 0 radical (unpaired) electrons. The van der Waals surface area contributed by atoms with Crippen LogP contribution in [0.15, 0.2) is 4.79 Å². The molecule has 1 aromatic carbocycles. The number of nitrogens with two attached hydrogens (primary N) is 1. The van der Waals surface area contributed by atoms with Gasteiger partial charge in [-0.05, 0) is 26.6 Å². The van der Waals surface area contributed by atoms with Crippen LogP contribution in [-0.4, -0.2) is 38.6 Å². The van der Waals surface area contributed by atoms with Crippen molar-refractivity contribution in [3.63, 3.8) is 0 Å². The molecule has 19 heavy (non-hydrogen) atoms. The summed E-state index contributed by atoms with van der Waals surface area (Å²) in [6.07, 6.45) is 1.05. The van der Waals surface area contributed by atoms with E-state index >= 15 is 0 Å². The van der Waals surface area contributed by atoms with Gasteiger partial charge in [-0.15, -0.1) is 0 Å². The summed E-state index contributed by atoms with van der Waals surface area (Å²) < 4.78 is 0.441. The van der Waals surface area contributed by atoms with Gasteiger partial charge in [-0.25, -0.2) is 0 Å². The average Bonchev–Trinajstić information content (AvgIpc) is 2.44. The van der Waals surface area contributed by atoms with Gasteiger partial charge < -0.3 is 15.5 Å². The topological polar surface area (TPSA) is 49.6 Å². The normalized spacial score (nSPS) is 10.5. The molecule has 110 valence electrons. The second kappa shape index (κ2) is 9.18. The fourth-order valence-corrected chi connectivity index (χ4v) is 2.27. The van der Waals surface area contributed by atoms with E-state index in [1.165, 1.54) is 0 Å². The molecule has 5 heteroatoms. The van der Waals surface area contributed by atoms with Crippen LogP contribution < -0.4 is 16.1 Å². The van der Waals surface area contributed by atoms with Gasteiger partial charge in [0.25, 0.3) is 0 Å². The molecule has 2 N–H and O–H groups in total. The predicted octanol–water partition coefficient (Wildman–Crippen LogP) is 1.91. The fourth-order valence-electron chi connectivity index (χ4n) is 1.87. The SMILES string of the molecule is CC.CCN(C)CCCN(C)c1c(CN)c(=O)c1=S. The summed E-state index contributed by atoms with van der Waals surface area (Å²) >= 11 is 5.06. The van der Waals surface area contributed by atoms with Crippen molar-refractivity contribution < 1.29 is 0 Å². The van der Waals surface area contributed by atoms with E-state index in [0.29, 0.717) is 10.1 Å². The fraction of sp³-hybridized carbons (Fsp3) is 0.714. The van der Waals surface area contributed by atoms with E-state index in [1.807, 2.05) is 20.9 Å². The van der Waals surface area contributed by atoms with E-state index in [2.05, 4.69) is 23.8 Å². The molecule has 1 rings (SSSR count). The molecule has 0 aromatic heterocycles. The first-order chi connectivity index (χ1) is 9.02. The van der Waals surface area contributed by atoms with Gasteiger partial charge in [-0.3, -0.25) is 4.79 Å². The van der Waals surface area contributed by atoms with Crippen molar-refractivity contribution in [1.82, 2.24) is 4.90 Å². The van der Waals surface area contributed by atoms with E-state index in [0.717, 1.165) is 31.7 Å². The summed E-state index contributed by atoms with van der Waals surface area (Å²) in [5.41, 5.74) is 7.06. The van der Waals surface area contributed by atoms with Crippen molar-refractivity contribution in [1.29, 1.82) is 0 Å². The lowest BCUT2D eigenvalue weighted by molar-refractivity contribution is 0.349. The van der Waals surface area contributed by atoms with E-state index in [9.17, 15) is 4.79 Å². The summed E-state index contributed by atoms with van der Waals surface area (Å²) in [5, 5.41) is 0. The van der Waals surface area contributed by atoms with Gasteiger partial charge in [-0.2, -0.15) is 0 Å². The van der Waals surface area contributed by atoms with Gasteiger partial charge in [-0.1, -0.05) is 33.0 Å². The van der Waals surface area contributed by atoms with Gasteiger partial charge >= 0.3 is 0 Å². The van der Waals surface area contributed by atoms with E-state index in [-0.39, 0.29) is 12.0 Å². The Morgan fingerprint density at radius 2 is 1.79 bits per heavy atom. The Morgan fingerprint density at radius 3 is 2.26 bits per heavy atom. The molecule has 0 aliphatic heterocycles. The van der Waals surface area contributed by atoms with E-state index in [4.69, 9.17) is 18.0 Å². The molecule has 0 atom stereocenters. The largest absolute Gasteiger partial charge is 0.373 e. The predicted molar refractivity (Wildman–Crippen MR) is 86.2 cm³/mol. The molecule has 0 aliphatic rings. The lowest BCUT2D eigenvalue weighted by atomic mass is 10.1. The zero-order chi connectivity index (χ0) is 15.0. The molecule has 1 aromatic rings. The highest BCUT2D eigenvalue weighted by Gasteiger charge is 2.19. The Labute approximate surface area is 121 Å². The number of hydrogen-bond acceptors (Lipinski definition) is 5. The van der Waals surface area contributed by atoms with Crippen LogP contribution in [0.3, 0.4) is 0 Å². The van der Waals surface area contributed by atoms with Crippen LogP contribution in [0.4, 0.5) is 5.69 Å². The van der Waals surface area contributed by atoms with Gasteiger partial charge in [0, 0.05) is 25.7 Å². The summed E-state index contributed by atoms with van der Waals surface area (Å²) in [6, 6.07) is 0. The quantitative estimate of drug-likeness (QED) is 0.776. The Balaban J connectivity index is 0.00000154. The van der Waals surface area contributed by atoms with Crippen LogP contribution in [0, 0.1) is 4.51 Å². The molecular formula is C14H27N3OS. The maximum absolute atomic E-state index is 11.4. The second-order valence-electron chi connectivity index (χ2n) is 4.36. The minimum absolute atomic E-state index is 0.0463. The zero-order valence-corrected chi connectivity index (χ0v) is 13.6. The van der Waals surface area contributed by atoms with Crippen molar-refractivity contribution >= 4 is 17.9 Å². The summed E-state index contributed by atoms with van der Waals surface area (Å²) in [7, 11) is 4.07. The van der Waals surface area contributed by atoms with Crippen LogP contribution in [0.25, 0.3) is 0 Å². The molecule has 0 saturated carbocycles. The third kappa shape index (κ3) is 4.67. The van der Waals surface area contributed by atoms with Crippen LogP contribution in [0.2, 0.25) is 0 Å². The Kier molecular flexibility index (Phi) is 8.80. The number of nitrogens with zero attached hydrogens (tertiary/aromatic N) is 2. The van der Waals surface area contributed by atoms with Crippen LogP contribution in [0.1, 0.15) is 32.8 Å². The number of hydrogen-bond donors (Lipinski definition) is 1. The maximum atomic E-state index is 11.4. The van der Waals surface area contributed by atoms with Crippen molar-refractivity contribution in [2.75, 3.05) is 38.6 Å². The smallest absolute Gasteiger partial charge is 0.205 e. The summed E-state index contributed by atoms with van der Waals surface area (Å²) in [4.78, 5) is 15.7. The molecule has 0 heterocycles. The van der Waals surface area contributed by atoms with Crippen molar-refractivity contribution in [3.05, 3.63) is 20.3 Å². The standard InChI is InChI=1S/C12H21N3OS.C2H6/c1-4-14(2)6-5-7-15(3)10-9(8-13)11(16)12(10)17;1-2/h4-8,13H2,1-3H3;1-2H3. The lowest BCUT2D eigenvalue weighted by Crippen LogP contribution is -2.32. The molecule has 0 aliphatic carbocycles. The third-order valence-corrected chi connectivity index (χ3v) is 3.52. The highest BCUT2D eigenvalue weighted by Crippen LogP contribution is 2.20. The van der Waals surface area contributed by atoms with Gasteiger partial charge in [0.2, 0.25) is 5.43 Å². The third-order valence-electron chi connectivity index (χ3n) is 3.14. The maximum Gasteiger partial charge on any atom is 0.205 e. The highest BCUT2D eigenvalue weighted by atomic mass is 32.1. The number of rotatable bonds is 7. The van der Waals surface area contributed by atoms with Crippen molar-refractivity contribution in [2.45, 2.75) is 33.7 Å². The van der Waals surface area contributed by atoms with Crippen molar-refractivity contribution in [3.8, 4) is 0 Å². The number of anilines is 1. The van der Waals surface area contributed by atoms with E-state index in [1.54, 1.807) is 0 Å². The van der Waals surface area contributed by atoms with Gasteiger partial charge in [0.05, 0.1) is 5.69 Å². The first-order valence-corrected chi connectivity index (χ1v) is 7.35. The molecular weight excluding hydrogens is 258 g/mol. The summed E-state index contributed by atoms with van der Waals surface area (Å²) in [6.45, 7) is 9.42. The molecule has 0 bridgehead atoms. The van der Waals surface area contributed by atoms with Gasteiger partial charge in [0.15, 0.2) is 0 Å². The minimum Gasteiger partial charge on any atom is -0.373 e. The molecule has 4 nitrogen and oxygen atoms in total. The Bertz CT molecular complexity index is 438. The van der Waals surface area contributed by atoms with Crippen LogP contribution in [0.5, 0.6) is 0 Å². The first-order valence-electron chi connectivity index (χ1n) is 6.94.